The van der Waals surface area contributed by atoms with Gasteiger partial charge in [-0.3, -0.25) is 9.59 Å². The number of H-pyrrole nitrogens is 1. The first kappa shape index (κ1) is 17.2. The molecule has 136 valence electrons. The first-order valence-electron chi connectivity index (χ1n) is 8.33. The Kier molecular flexibility index (Phi) is 4.12. The van der Waals surface area contributed by atoms with E-state index in [0.29, 0.717) is 16.4 Å². The fourth-order valence-electron chi connectivity index (χ4n) is 3.25. The van der Waals surface area contributed by atoms with Gasteiger partial charge in [0.05, 0.1) is 11.2 Å². The minimum atomic E-state index is -0.922. The van der Waals surface area contributed by atoms with E-state index in [4.69, 9.17) is 16.7 Å². The van der Waals surface area contributed by atoms with Crippen LogP contribution < -0.4 is 5.32 Å². The highest BCUT2D eigenvalue weighted by atomic mass is 35.5. The fraction of sp³-hybridized carbons (Fsp3) is 0.100. The lowest BCUT2D eigenvalue weighted by atomic mass is 10.1. The van der Waals surface area contributed by atoms with Crippen LogP contribution in [-0.4, -0.2) is 26.5 Å². The van der Waals surface area contributed by atoms with Crippen LogP contribution in [0.3, 0.4) is 0 Å². The number of carboxylic acids is 1. The zero-order valence-corrected chi connectivity index (χ0v) is 15.2. The zero-order chi connectivity index (χ0) is 19.1. The number of aliphatic carboxylic acids is 1. The van der Waals surface area contributed by atoms with Crippen LogP contribution in [0.15, 0.2) is 48.7 Å². The largest absolute Gasteiger partial charge is 0.480 e. The monoisotopic (exact) mass is 381 g/mol. The van der Waals surface area contributed by atoms with Gasteiger partial charge >= 0.3 is 5.97 Å². The van der Waals surface area contributed by atoms with Gasteiger partial charge in [0.2, 0.25) is 0 Å². The van der Waals surface area contributed by atoms with Crippen molar-refractivity contribution in [3.8, 4) is 0 Å². The third kappa shape index (κ3) is 3.04. The predicted molar refractivity (Wildman–Crippen MR) is 106 cm³/mol. The van der Waals surface area contributed by atoms with E-state index >= 15 is 0 Å². The lowest BCUT2D eigenvalue weighted by Gasteiger charge is -2.07. The van der Waals surface area contributed by atoms with Crippen molar-refractivity contribution in [2.24, 2.45) is 0 Å². The summed E-state index contributed by atoms with van der Waals surface area (Å²) in [5.74, 6) is -1.20. The van der Waals surface area contributed by atoms with Crippen molar-refractivity contribution in [1.29, 1.82) is 0 Å². The van der Waals surface area contributed by atoms with Crippen molar-refractivity contribution in [3.05, 3.63) is 64.9 Å². The first-order chi connectivity index (χ1) is 12.9. The minimum Gasteiger partial charge on any atom is -0.480 e. The number of benzene rings is 2. The Morgan fingerprint density at radius 2 is 2.00 bits per heavy atom. The molecule has 2 aromatic heterocycles. The third-order valence-corrected chi connectivity index (χ3v) is 5.03. The van der Waals surface area contributed by atoms with Gasteiger partial charge in [-0.1, -0.05) is 17.7 Å². The third-order valence-electron chi connectivity index (χ3n) is 4.62. The van der Waals surface area contributed by atoms with Crippen LogP contribution in [0.2, 0.25) is 5.02 Å². The minimum absolute atomic E-state index is 0.136. The van der Waals surface area contributed by atoms with Gasteiger partial charge in [0.15, 0.2) is 0 Å². The number of carbonyl (C=O) groups is 2. The quantitative estimate of drug-likeness (QED) is 0.489. The van der Waals surface area contributed by atoms with Crippen LogP contribution in [-0.2, 0) is 11.3 Å². The number of halogens is 1. The molecule has 6 nitrogen and oxygen atoms in total. The zero-order valence-electron chi connectivity index (χ0n) is 14.4. The Hall–Kier alpha value is -3.25. The topological polar surface area (TPSA) is 87.1 Å². The van der Waals surface area contributed by atoms with E-state index in [9.17, 15) is 9.59 Å². The molecule has 0 fully saturated rings. The van der Waals surface area contributed by atoms with Gasteiger partial charge in [0.25, 0.3) is 5.91 Å². The number of anilines is 1. The molecule has 0 unspecified atom stereocenters. The van der Waals surface area contributed by atoms with Gasteiger partial charge in [-0.05, 0) is 48.9 Å². The molecule has 0 aliphatic carbocycles. The number of amides is 1. The van der Waals surface area contributed by atoms with E-state index in [0.717, 1.165) is 27.4 Å². The Bertz CT molecular complexity index is 1210. The summed E-state index contributed by atoms with van der Waals surface area (Å²) in [6.07, 6.45) is 1.70. The summed E-state index contributed by atoms with van der Waals surface area (Å²) in [4.78, 5) is 26.8. The van der Waals surface area contributed by atoms with Crippen molar-refractivity contribution in [2.75, 3.05) is 5.32 Å². The summed E-state index contributed by atoms with van der Waals surface area (Å²) in [7, 11) is 0. The Labute approximate surface area is 159 Å². The Morgan fingerprint density at radius 3 is 2.78 bits per heavy atom. The summed E-state index contributed by atoms with van der Waals surface area (Å²) in [5, 5.41) is 14.2. The normalized spacial score (nSPS) is 11.2. The summed E-state index contributed by atoms with van der Waals surface area (Å²) in [6.45, 7) is 1.77. The van der Waals surface area contributed by atoms with Gasteiger partial charge in [-0.2, -0.15) is 0 Å². The molecule has 0 radical (unpaired) electrons. The molecule has 27 heavy (non-hydrogen) atoms. The van der Waals surface area contributed by atoms with Crippen molar-refractivity contribution in [2.45, 2.75) is 13.5 Å². The highest BCUT2D eigenvalue weighted by molar-refractivity contribution is 6.32. The lowest BCUT2D eigenvalue weighted by molar-refractivity contribution is -0.137. The molecule has 4 aromatic rings. The highest BCUT2D eigenvalue weighted by Gasteiger charge is 2.14. The smallest absolute Gasteiger partial charge is 0.323 e. The summed E-state index contributed by atoms with van der Waals surface area (Å²) in [6, 6.07) is 12.6. The maximum atomic E-state index is 12.7. The SMILES string of the molecule is Cc1c(Cl)ccc2[nH]c(C(=O)Nc3cccc4c3ccn4CC(=O)O)cc12. The number of fused-ring (bicyclic) bond motifs is 2. The molecule has 7 heteroatoms. The van der Waals surface area contributed by atoms with E-state index < -0.39 is 5.97 Å². The van der Waals surface area contributed by atoms with Gasteiger partial charge in [-0.25, -0.2) is 0 Å². The van der Waals surface area contributed by atoms with Crippen molar-refractivity contribution >= 4 is 51.0 Å². The van der Waals surface area contributed by atoms with E-state index in [-0.39, 0.29) is 12.5 Å². The van der Waals surface area contributed by atoms with E-state index in [1.54, 1.807) is 41.1 Å². The molecule has 0 aliphatic rings. The van der Waals surface area contributed by atoms with E-state index in [1.165, 1.54) is 0 Å². The van der Waals surface area contributed by atoms with Gasteiger partial charge in [0.1, 0.15) is 12.2 Å². The number of aromatic amines is 1. The molecule has 2 heterocycles. The number of hydrogen-bond acceptors (Lipinski definition) is 2. The molecule has 3 N–H and O–H groups in total. The molecule has 4 rings (SSSR count). The van der Waals surface area contributed by atoms with Crippen LogP contribution in [0.1, 0.15) is 16.1 Å². The summed E-state index contributed by atoms with van der Waals surface area (Å²) < 4.78 is 1.63. The van der Waals surface area contributed by atoms with Crippen LogP contribution in [0.5, 0.6) is 0 Å². The number of rotatable bonds is 4. The number of carbonyl (C=O) groups excluding carboxylic acids is 1. The standard InChI is InChI=1S/C20H16ClN3O3/c1-11-13-9-17(22-16(13)6-5-14(11)21)20(27)23-15-3-2-4-18-12(15)7-8-24(18)10-19(25)26/h2-9,22H,10H2,1H3,(H,23,27)(H,25,26). The molecule has 0 saturated carbocycles. The number of carboxylic acid groups (broad SMARTS) is 1. The van der Waals surface area contributed by atoms with Crippen LogP contribution in [0.4, 0.5) is 5.69 Å². The van der Waals surface area contributed by atoms with Gasteiger partial charge < -0.3 is 20.0 Å². The van der Waals surface area contributed by atoms with Crippen LogP contribution in [0, 0.1) is 6.92 Å². The number of aryl methyl sites for hydroxylation is 1. The second-order valence-electron chi connectivity index (χ2n) is 6.35. The molecule has 0 saturated heterocycles. The molecule has 0 atom stereocenters. The fourth-order valence-corrected chi connectivity index (χ4v) is 3.42. The number of nitrogens with zero attached hydrogens (tertiary/aromatic N) is 1. The van der Waals surface area contributed by atoms with Crippen molar-refractivity contribution in [3.63, 3.8) is 0 Å². The Balaban J connectivity index is 1.68. The molecule has 0 spiro atoms. The maximum absolute atomic E-state index is 12.7. The van der Waals surface area contributed by atoms with Gasteiger partial charge in [0, 0.05) is 27.5 Å². The highest BCUT2D eigenvalue weighted by Crippen LogP contribution is 2.28. The number of aromatic nitrogens is 2. The molecule has 1 amide bonds. The number of hydrogen-bond donors (Lipinski definition) is 3. The van der Waals surface area contributed by atoms with Crippen molar-refractivity contribution < 1.29 is 14.7 Å². The first-order valence-corrected chi connectivity index (χ1v) is 8.70. The van der Waals surface area contributed by atoms with Crippen molar-refractivity contribution in [1.82, 2.24) is 9.55 Å². The second-order valence-corrected chi connectivity index (χ2v) is 6.75. The predicted octanol–water partition coefficient (Wildman–Crippen LogP) is 4.42. The molecular formula is C20H16ClN3O3. The molecule has 0 bridgehead atoms. The summed E-state index contributed by atoms with van der Waals surface area (Å²) in [5.41, 5.74) is 3.55. The maximum Gasteiger partial charge on any atom is 0.323 e. The van der Waals surface area contributed by atoms with Crippen LogP contribution >= 0.6 is 11.6 Å². The number of nitrogens with one attached hydrogen (secondary N) is 2. The average Bonchev–Trinajstić information content (AvgIpc) is 3.24. The van der Waals surface area contributed by atoms with Gasteiger partial charge in [-0.15, -0.1) is 0 Å². The second kappa shape index (κ2) is 6.48. The molecule has 0 aliphatic heterocycles. The molecule has 2 aromatic carbocycles. The lowest BCUT2D eigenvalue weighted by Crippen LogP contribution is -2.12. The van der Waals surface area contributed by atoms with E-state index in [2.05, 4.69) is 10.3 Å². The average molecular weight is 382 g/mol. The molecular weight excluding hydrogens is 366 g/mol. The summed E-state index contributed by atoms with van der Waals surface area (Å²) >= 11 is 6.15. The van der Waals surface area contributed by atoms with Crippen LogP contribution in [0.25, 0.3) is 21.8 Å². The van der Waals surface area contributed by atoms with E-state index in [1.807, 2.05) is 19.1 Å². The Morgan fingerprint density at radius 1 is 1.19 bits per heavy atom.